The molecule has 1 aliphatic heterocycles. The fraction of sp³-hybridized carbons (Fsp3) is 0.500. The third-order valence-electron chi connectivity index (χ3n) is 4.57. The van der Waals surface area contributed by atoms with Crippen LogP contribution in [0.2, 0.25) is 0 Å². The van der Waals surface area contributed by atoms with Gasteiger partial charge in [-0.3, -0.25) is 15.2 Å². The van der Waals surface area contributed by atoms with E-state index in [9.17, 15) is 9.90 Å². The summed E-state index contributed by atoms with van der Waals surface area (Å²) in [6.45, 7) is 4.75. The Bertz CT molecular complexity index is 732. The minimum absolute atomic E-state index is 0.277. The highest BCUT2D eigenvalue weighted by Crippen LogP contribution is 2.24. The molecule has 3 rings (SSSR count). The highest BCUT2D eigenvalue weighted by atomic mass is 32.1. The molecule has 1 fully saturated rings. The molecule has 146 valence electrons. The van der Waals surface area contributed by atoms with E-state index in [1.165, 1.54) is 16.2 Å². The van der Waals surface area contributed by atoms with Crippen LogP contribution >= 0.6 is 11.3 Å². The smallest absolute Gasteiger partial charge is 0.323 e. The van der Waals surface area contributed by atoms with Gasteiger partial charge in [0.05, 0.1) is 11.8 Å². The molecule has 0 saturated carbocycles. The third kappa shape index (κ3) is 5.70. The molecule has 2 N–H and O–H groups in total. The van der Waals surface area contributed by atoms with E-state index in [1.54, 1.807) is 19.4 Å². The number of aromatic nitrogens is 2. The molecule has 1 atom stereocenters. The van der Waals surface area contributed by atoms with E-state index in [0.29, 0.717) is 11.7 Å². The summed E-state index contributed by atoms with van der Waals surface area (Å²) in [4.78, 5) is 26.9. The summed E-state index contributed by atoms with van der Waals surface area (Å²) in [5.41, 5.74) is 1.69. The largest absolute Gasteiger partial charge is 0.390 e. The Hall–Kier alpha value is -2.07. The number of hydrogen-bond acceptors (Lipinski definition) is 7. The molecular weight excluding hydrogens is 364 g/mol. The average Bonchev–Trinajstić information content (AvgIpc) is 3.12. The molecule has 0 radical (unpaired) electrons. The van der Waals surface area contributed by atoms with E-state index in [4.69, 9.17) is 0 Å². The number of urea groups is 1. The molecule has 2 aromatic heterocycles. The zero-order valence-electron chi connectivity index (χ0n) is 15.7. The molecule has 1 unspecified atom stereocenters. The van der Waals surface area contributed by atoms with Crippen molar-refractivity contribution in [3.63, 3.8) is 0 Å². The number of carbonyl (C=O) groups is 1. The Morgan fingerprint density at radius 3 is 2.89 bits per heavy atom. The van der Waals surface area contributed by atoms with E-state index in [-0.39, 0.29) is 12.6 Å². The van der Waals surface area contributed by atoms with Gasteiger partial charge >= 0.3 is 6.03 Å². The van der Waals surface area contributed by atoms with Gasteiger partial charge in [-0.15, -0.1) is 11.3 Å². The maximum atomic E-state index is 12.4. The number of aliphatic hydroxyl groups excluding tert-OH is 1. The van der Waals surface area contributed by atoms with Crippen molar-refractivity contribution in [3.8, 4) is 11.3 Å². The minimum Gasteiger partial charge on any atom is -0.390 e. The van der Waals surface area contributed by atoms with Crippen molar-refractivity contribution in [1.82, 2.24) is 24.7 Å². The molecule has 1 saturated heterocycles. The van der Waals surface area contributed by atoms with Crippen molar-refractivity contribution in [2.24, 2.45) is 0 Å². The van der Waals surface area contributed by atoms with E-state index in [1.807, 2.05) is 17.5 Å². The molecule has 27 heavy (non-hydrogen) atoms. The number of thiazole rings is 1. The van der Waals surface area contributed by atoms with Crippen molar-refractivity contribution in [2.45, 2.75) is 6.10 Å². The SMILES string of the molecule is CN1CCN(CC(O)CN(C)C(=O)Nc2nc(-c3cccnc3)cs2)CC1. The van der Waals surface area contributed by atoms with Crippen LogP contribution in [0.3, 0.4) is 0 Å². The Balaban J connectivity index is 1.47. The van der Waals surface area contributed by atoms with Crippen LogP contribution in [0.25, 0.3) is 11.3 Å². The number of aliphatic hydroxyl groups is 1. The lowest BCUT2D eigenvalue weighted by Crippen LogP contribution is -2.49. The molecular formula is C18H26N6O2S. The van der Waals surface area contributed by atoms with Gasteiger partial charge < -0.3 is 14.9 Å². The van der Waals surface area contributed by atoms with Crippen molar-refractivity contribution in [2.75, 3.05) is 58.7 Å². The molecule has 8 nitrogen and oxygen atoms in total. The Morgan fingerprint density at radius 1 is 1.41 bits per heavy atom. The quantitative estimate of drug-likeness (QED) is 0.773. The number of likely N-dealkylation sites (N-methyl/N-ethyl adjacent to an activating group) is 2. The molecule has 0 spiro atoms. The van der Waals surface area contributed by atoms with Crippen LogP contribution in [0.4, 0.5) is 9.93 Å². The average molecular weight is 391 g/mol. The molecule has 1 aliphatic rings. The number of pyridine rings is 1. The van der Waals surface area contributed by atoms with Crippen LogP contribution in [0, 0.1) is 0 Å². The molecule has 2 amide bonds. The number of hydrogen-bond donors (Lipinski definition) is 2. The van der Waals surface area contributed by atoms with Gasteiger partial charge in [0, 0.05) is 69.7 Å². The summed E-state index contributed by atoms with van der Waals surface area (Å²) in [5.74, 6) is 0. The van der Waals surface area contributed by atoms with Gasteiger partial charge in [0.2, 0.25) is 0 Å². The van der Waals surface area contributed by atoms with Gasteiger partial charge in [0.1, 0.15) is 0 Å². The predicted molar refractivity (Wildman–Crippen MR) is 107 cm³/mol. The van der Waals surface area contributed by atoms with E-state index in [0.717, 1.165) is 37.4 Å². The second-order valence-corrected chi connectivity index (χ2v) is 7.71. The lowest BCUT2D eigenvalue weighted by atomic mass is 10.2. The number of amides is 2. The molecule has 0 aromatic carbocycles. The number of rotatable bonds is 6. The molecule has 3 heterocycles. The second kappa shape index (κ2) is 9.23. The Morgan fingerprint density at radius 2 is 2.19 bits per heavy atom. The fourth-order valence-electron chi connectivity index (χ4n) is 2.95. The van der Waals surface area contributed by atoms with E-state index >= 15 is 0 Å². The monoisotopic (exact) mass is 390 g/mol. The number of nitrogens with one attached hydrogen (secondary N) is 1. The first kappa shape index (κ1) is 19.7. The van der Waals surface area contributed by atoms with Crippen molar-refractivity contribution < 1.29 is 9.90 Å². The Labute approximate surface area is 163 Å². The van der Waals surface area contributed by atoms with Crippen LogP contribution in [0.1, 0.15) is 0 Å². The summed E-state index contributed by atoms with van der Waals surface area (Å²) in [5, 5.41) is 15.5. The minimum atomic E-state index is -0.577. The van der Waals surface area contributed by atoms with Crippen molar-refractivity contribution >= 4 is 22.5 Å². The van der Waals surface area contributed by atoms with Gasteiger partial charge in [-0.05, 0) is 19.2 Å². The summed E-state index contributed by atoms with van der Waals surface area (Å²) in [7, 11) is 3.78. The summed E-state index contributed by atoms with van der Waals surface area (Å²) >= 11 is 1.36. The van der Waals surface area contributed by atoms with Gasteiger partial charge in [0.25, 0.3) is 0 Å². The van der Waals surface area contributed by atoms with Crippen LogP contribution in [0.5, 0.6) is 0 Å². The van der Waals surface area contributed by atoms with Crippen LogP contribution in [-0.4, -0.2) is 95.3 Å². The normalized spacial score (nSPS) is 16.9. The first-order valence-electron chi connectivity index (χ1n) is 8.98. The number of anilines is 1. The molecule has 0 bridgehead atoms. The maximum absolute atomic E-state index is 12.4. The highest BCUT2D eigenvalue weighted by Gasteiger charge is 2.20. The zero-order valence-corrected chi connectivity index (χ0v) is 16.5. The first-order chi connectivity index (χ1) is 13.0. The van der Waals surface area contributed by atoms with E-state index in [2.05, 4.69) is 32.1 Å². The molecule has 2 aromatic rings. The fourth-order valence-corrected chi connectivity index (χ4v) is 3.66. The first-order valence-corrected chi connectivity index (χ1v) is 9.86. The van der Waals surface area contributed by atoms with Crippen LogP contribution in [-0.2, 0) is 0 Å². The van der Waals surface area contributed by atoms with Gasteiger partial charge in [-0.25, -0.2) is 9.78 Å². The summed E-state index contributed by atoms with van der Waals surface area (Å²) in [6.07, 6.45) is 2.87. The van der Waals surface area contributed by atoms with Gasteiger partial charge in [-0.2, -0.15) is 0 Å². The summed E-state index contributed by atoms with van der Waals surface area (Å²) in [6, 6.07) is 3.50. The number of carbonyl (C=O) groups excluding carboxylic acids is 1. The van der Waals surface area contributed by atoms with E-state index < -0.39 is 6.10 Å². The topological polar surface area (TPSA) is 84.8 Å². The highest BCUT2D eigenvalue weighted by molar-refractivity contribution is 7.14. The zero-order chi connectivity index (χ0) is 19.2. The number of β-amino-alcohol motifs (C(OH)–C–C–N with tert-alkyl or cyclic N) is 1. The van der Waals surface area contributed by atoms with Crippen molar-refractivity contribution in [3.05, 3.63) is 29.9 Å². The van der Waals surface area contributed by atoms with Gasteiger partial charge in [-0.1, -0.05) is 0 Å². The predicted octanol–water partition coefficient (Wildman–Crippen LogP) is 1.28. The van der Waals surface area contributed by atoms with Crippen LogP contribution in [0.15, 0.2) is 29.9 Å². The number of piperazine rings is 1. The van der Waals surface area contributed by atoms with Crippen molar-refractivity contribution in [1.29, 1.82) is 0 Å². The second-order valence-electron chi connectivity index (χ2n) is 6.85. The molecule has 0 aliphatic carbocycles. The van der Waals surface area contributed by atoms with Crippen LogP contribution < -0.4 is 5.32 Å². The Kier molecular flexibility index (Phi) is 6.73. The maximum Gasteiger partial charge on any atom is 0.323 e. The lowest BCUT2D eigenvalue weighted by molar-refractivity contribution is 0.0670. The third-order valence-corrected chi connectivity index (χ3v) is 5.33. The standard InChI is InChI=1S/C18H26N6O2S/c1-22-6-8-24(9-7-22)12-15(25)11-23(2)18(26)21-17-20-16(13-27-17)14-4-3-5-19-10-14/h3-5,10,13,15,25H,6-9,11-12H2,1-2H3,(H,20,21,26). The van der Waals surface area contributed by atoms with Gasteiger partial charge in [0.15, 0.2) is 5.13 Å². The number of nitrogens with zero attached hydrogens (tertiary/aromatic N) is 5. The molecule has 9 heteroatoms. The summed E-state index contributed by atoms with van der Waals surface area (Å²) < 4.78 is 0. The lowest BCUT2D eigenvalue weighted by Gasteiger charge is -2.34.